The minimum atomic E-state index is -1.09. The molecule has 0 saturated carbocycles. The molecule has 2 N–H and O–H groups in total. The topological polar surface area (TPSA) is 86.3 Å². The fourth-order valence-electron chi connectivity index (χ4n) is 4.81. The first-order chi connectivity index (χ1) is 17.5. The van der Waals surface area contributed by atoms with Crippen molar-refractivity contribution in [2.45, 2.75) is 25.8 Å². The summed E-state index contributed by atoms with van der Waals surface area (Å²) in [7, 11) is 0. The number of carbonyl (C=O) groups excluding carboxylic acids is 1. The summed E-state index contributed by atoms with van der Waals surface area (Å²) in [5.41, 5.74) is 2.28. The van der Waals surface area contributed by atoms with Crippen molar-refractivity contribution in [2.75, 3.05) is 4.90 Å². The number of fused-ring (bicyclic) bond motifs is 2. The lowest BCUT2D eigenvalue weighted by Gasteiger charge is -2.31. The standard InChI is InChI=1S/C30H27N3O3/c1-20(15-24-11-6-10-22-8-4-5-12-27(22)24)29(34)33(28(30(35)36)17-25-18-31-19-32-25)26-14-13-21-7-2-3-9-23(21)16-26/h2-14,16,18-20,28H,15,17H2,1H3,(H,31,32)(H,35,36)/t20?,28-/m1/s1. The van der Waals surface area contributed by atoms with Crippen LogP contribution in [0.5, 0.6) is 0 Å². The van der Waals surface area contributed by atoms with Crippen LogP contribution in [0, 0.1) is 5.92 Å². The van der Waals surface area contributed by atoms with Gasteiger partial charge in [0.1, 0.15) is 6.04 Å². The fourth-order valence-corrected chi connectivity index (χ4v) is 4.81. The first-order valence-corrected chi connectivity index (χ1v) is 12.0. The summed E-state index contributed by atoms with van der Waals surface area (Å²) in [5, 5.41) is 14.4. The number of benzene rings is 4. The van der Waals surface area contributed by atoms with E-state index in [1.54, 1.807) is 6.20 Å². The van der Waals surface area contributed by atoms with Crippen molar-refractivity contribution in [3.8, 4) is 0 Å². The molecule has 0 saturated heterocycles. The van der Waals surface area contributed by atoms with E-state index in [4.69, 9.17) is 0 Å². The van der Waals surface area contributed by atoms with Crippen molar-refractivity contribution >= 4 is 39.1 Å². The summed E-state index contributed by atoms with van der Waals surface area (Å²) in [6.07, 6.45) is 3.73. The first-order valence-electron chi connectivity index (χ1n) is 12.0. The Hall–Kier alpha value is -4.45. The largest absolute Gasteiger partial charge is 0.480 e. The number of carbonyl (C=O) groups is 2. The number of carboxylic acid groups (broad SMARTS) is 1. The average Bonchev–Trinajstić information content (AvgIpc) is 3.41. The number of nitrogens with one attached hydrogen (secondary N) is 1. The van der Waals surface area contributed by atoms with Crippen molar-refractivity contribution in [3.63, 3.8) is 0 Å². The molecule has 1 amide bonds. The highest BCUT2D eigenvalue weighted by Gasteiger charge is 2.34. The van der Waals surface area contributed by atoms with Crippen LogP contribution < -0.4 is 4.90 Å². The van der Waals surface area contributed by atoms with Gasteiger partial charge in [-0.25, -0.2) is 9.78 Å². The van der Waals surface area contributed by atoms with Gasteiger partial charge in [0.25, 0.3) is 0 Å². The van der Waals surface area contributed by atoms with Crippen LogP contribution in [0.1, 0.15) is 18.2 Å². The highest BCUT2D eigenvalue weighted by Crippen LogP contribution is 2.28. The van der Waals surface area contributed by atoms with E-state index in [0.29, 0.717) is 17.8 Å². The van der Waals surface area contributed by atoms with Gasteiger partial charge in [-0.05, 0) is 45.7 Å². The number of aromatic amines is 1. The molecule has 6 heteroatoms. The molecule has 4 aromatic carbocycles. The Morgan fingerprint density at radius 3 is 2.36 bits per heavy atom. The number of aromatic nitrogens is 2. The lowest BCUT2D eigenvalue weighted by Crippen LogP contribution is -2.49. The number of amides is 1. The van der Waals surface area contributed by atoms with Crippen LogP contribution in [0.2, 0.25) is 0 Å². The number of carboxylic acids is 1. The molecule has 0 spiro atoms. The Labute approximate surface area is 209 Å². The lowest BCUT2D eigenvalue weighted by molar-refractivity contribution is -0.140. The molecule has 36 heavy (non-hydrogen) atoms. The second-order valence-electron chi connectivity index (χ2n) is 9.12. The van der Waals surface area contributed by atoms with Gasteiger partial charge in [0.15, 0.2) is 0 Å². The lowest BCUT2D eigenvalue weighted by atomic mass is 9.94. The Morgan fingerprint density at radius 2 is 1.61 bits per heavy atom. The summed E-state index contributed by atoms with van der Waals surface area (Å²) in [6, 6.07) is 26.6. The third kappa shape index (κ3) is 4.70. The van der Waals surface area contributed by atoms with E-state index >= 15 is 0 Å². The van der Waals surface area contributed by atoms with Crippen LogP contribution in [0.3, 0.4) is 0 Å². The Bertz CT molecular complexity index is 1520. The summed E-state index contributed by atoms with van der Waals surface area (Å²) < 4.78 is 0. The van der Waals surface area contributed by atoms with Crippen LogP contribution in [0.4, 0.5) is 5.69 Å². The maximum Gasteiger partial charge on any atom is 0.327 e. The zero-order valence-electron chi connectivity index (χ0n) is 20.0. The zero-order valence-corrected chi connectivity index (χ0v) is 20.0. The minimum Gasteiger partial charge on any atom is -0.480 e. The molecule has 1 heterocycles. The Morgan fingerprint density at radius 1 is 0.889 bits per heavy atom. The number of nitrogens with zero attached hydrogens (tertiary/aromatic N) is 2. The highest BCUT2D eigenvalue weighted by atomic mass is 16.4. The second-order valence-corrected chi connectivity index (χ2v) is 9.12. The van der Waals surface area contributed by atoms with E-state index in [-0.39, 0.29) is 12.3 Å². The smallest absolute Gasteiger partial charge is 0.327 e. The van der Waals surface area contributed by atoms with Gasteiger partial charge in [-0.2, -0.15) is 0 Å². The zero-order chi connectivity index (χ0) is 25.1. The molecule has 6 nitrogen and oxygen atoms in total. The molecular formula is C30H27N3O3. The summed E-state index contributed by atoms with van der Waals surface area (Å²) >= 11 is 0. The van der Waals surface area contributed by atoms with Crippen molar-refractivity contribution in [1.82, 2.24) is 9.97 Å². The third-order valence-corrected chi connectivity index (χ3v) is 6.64. The maximum absolute atomic E-state index is 14.0. The highest BCUT2D eigenvalue weighted by molar-refractivity contribution is 6.02. The molecule has 0 aliphatic carbocycles. The quantitative estimate of drug-likeness (QED) is 0.304. The van der Waals surface area contributed by atoms with Crippen molar-refractivity contribution in [3.05, 3.63) is 109 Å². The number of anilines is 1. The van der Waals surface area contributed by atoms with E-state index < -0.39 is 17.9 Å². The van der Waals surface area contributed by atoms with Crippen LogP contribution in [0.15, 0.2) is 97.5 Å². The maximum atomic E-state index is 14.0. The van der Waals surface area contributed by atoms with E-state index in [1.165, 1.54) is 11.2 Å². The van der Waals surface area contributed by atoms with Gasteiger partial charge in [-0.1, -0.05) is 79.7 Å². The van der Waals surface area contributed by atoms with Gasteiger partial charge in [0, 0.05) is 29.9 Å². The number of aliphatic carboxylic acids is 1. The summed E-state index contributed by atoms with van der Waals surface area (Å²) in [6.45, 7) is 1.87. The van der Waals surface area contributed by atoms with E-state index in [9.17, 15) is 14.7 Å². The molecule has 180 valence electrons. The third-order valence-electron chi connectivity index (χ3n) is 6.64. The Balaban J connectivity index is 1.54. The van der Waals surface area contributed by atoms with Gasteiger partial charge in [-0.15, -0.1) is 0 Å². The molecule has 0 aliphatic rings. The van der Waals surface area contributed by atoms with E-state index in [2.05, 4.69) is 28.2 Å². The van der Waals surface area contributed by atoms with Gasteiger partial charge in [-0.3, -0.25) is 9.69 Å². The molecule has 0 bridgehead atoms. The van der Waals surface area contributed by atoms with Crippen LogP contribution in [0.25, 0.3) is 21.5 Å². The van der Waals surface area contributed by atoms with Crippen LogP contribution >= 0.6 is 0 Å². The summed E-state index contributed by atoms with van der Waals surface area (Å²) in [4.78, 5) is 35.0. The molecule has 2 atom stereocenters. The number of hydrogen-bond donors (Lipinski definition) is 2. The normalized spacial score (nSPS) is 12.9. The fraction of sp³-hybridized carbons (Fsp3) is 0.167. The molecular weight excluding hydrogens is 450 g/mol. The van der Waals surface area contributed by atoms with Crippen LogP contribution in [-0.2, 0) is 22.4 Å². The molecule has 5 aromatic rings. The second kappa shape index (κ2) is 10.0. The minimum absolute atomic E-state index is 0.120. The molecule has 1 unspecified atom stereocenters. The monoisotopic (exact) mass is 477 g/mol. The first kappa shape index (κ1) is 23.3. The van der Waals surface area contributed by atoms with Gasteiger partial charge < -0.3 is 10.1 Å². The number of imidazole rings is 1. The van der Waals surface area contributed by atoms with Crippen molar-refractivity contribution < 1.29 is 14.7 Å². The SMILES string of the molecule is CC(Cc1cccc2ccccc12)C(=O)N(c1ccc2ccccc2c1)[C@H](Cc1cnc[nH]1)C(=O)O. The van der Waals surface area contributed by atoms with E-state index in [1.807, 2.05) is 73.7 Å². The average molecular weight is 478 g/mol. The molecule has 5 rings (SSSR count). The Kier molecular flexibility index (Phi) is 6.50. The molecule has 0 radical (unpaired) electrons. The number of H-pyrrole nitrogens is 1. The predicted octanol–water partition coefficient (Wildman–Crippen LogP) is 5.62. The molecule has 0 aliphatic heterocycles. The van der Waals surface area contributed by atoms with Crippen molar-refractivity contribution in [1.29, 1.82) is 0 Å². The molecule has 0 fully saturated rings. The van der Waals surface area contributed by atoms with Crippen LogP contribution in [-0.4, -0.2) is 33.0 Å². The van der Waals surface area contributed by atoms with Gasteiger partial charge in [0.2, 0.25) is 5.91 Å². The van der Waals surface area contributed by atoms with Gasteiger partial charge >= 0.3 is 5.97 Å². The predicted molar refractivity (Wildman–Crippen MR) is 142 cm³/mol. The van der Waals surface area contributed by atoms with Gasteiger partial charge in [0.05, 0.1) is 6.33 Å². The number of rotatable bonds is 8. The number of hydrogen-bond acceptors (Lipinski definition) is 3. The summed E-state index contributed by atoms with van der Waals surface area (Å²) in [5.74, 6) is -1.74. The van der Waals surface area contributed by atoms with Crippen molar-refractivity contribution in [2.24, 2.45) is 5.92 Å². The van der Waals surface area contributed by atoms with E-state index in [0.717, 1.165) is 27.1 Å². The molecule has 1 aromatic heterocycles.